The van der Waals surface area contributed by atoms with Crippen molar-refractivity contribution in [1.29, 1.82) is 0 Å². The number of hydrogen-bond donors (Lipinski definition) is 2. The fraction of sp³-hybridized carbons (Fsp3) is 0.583. The van der Waals surface area contributed by atoms with Crippen LogP contribution in [0, 0.1) is 12.8 Å². The van der Waals surface area contributed by atoms with Gasteiger partial charge in [0, 0.05) is 12.6 Å². The van der Waals surface area contributed by atoms with E-state index in [9.17, 15) is 0 Å². The van der Waals surface area contributed by atoms with E-state index in [2.05, 4.69) is 34.5 Å². The van der Waals surface area contributed by atoms with Gasteiger partial charge in [-0.25, -0.2) is 0 Å². The third-order valence-electron chi connectivity index (χ3n) is 3.00. The summed E-state index contributed by atoms with van der Waals surface area (Å²) in [6, 6.07) is 3.97. The lowest BCUT2D eigenvalue weighted by molar-refractivity contribution is 0.267. The van der Waals surface area contributed by atoms with Crippen LogP contribution in [0.3, 0.4) is 0 Å². The van der Waals surface area contributed by atoms with Crippen molar-refractivity contribution in [3.63, 3.8) is 0 Å². The molecule has 0 aliphatic carbocycles. The van der Waals surface area contributed by atoms with E-state index in [1.807, 2.05) is 19.1 Å². The van der Waals surface area contributed by atoms with Gasteiger partial charge in [0.1, 0.15) is 5.82 Å². The molecule has 6 heteroatoms. The lowest BCUT2D eigenvalue weighted by Gasteiger charge is -2.21. The molecule has 0 fully saturated rings. The number of aromatic nitrogens is 4. The van der Waals surface area contributed by atoms with Crippen molar-refractivity contribution in [1.82, 2.24) is 19.8 Å². The Balaban J connectivity index is 2.22. The predicted octanol–water partition coefficient (Wildman–Crippen LogP) is 1.25. The van der Waals surface area contributed by atoms with Gasteiger partial charge in [0.15, 0.2) is 11.5 Å². The number of nitrogens with zero attached hydrogens (tertiary/aromatic N) is 4. The molecule has 0 saturated carbocycles. The quantitative estimate of drug-likeness (QED) is 0.834. The smallest absolute Gasteiger partial charge is 0.178 e. The highest BCUT2D eigenvalue weighted by Crippen LogP contribution is 2.14. The molecule has 2 rings (SSSR count). The number of nitrogens with one attached hydrogen (secondary N) is 1. The van der Waals surface area contributed by atoms with Gasteiger partial charge in [-0.2, -0.15) is 4.52 Å². The second-order valence-electron chi connectivity index (χ2n) is 4.74. The molecule has 0 spiro atoms. The van der Waals surface area contributed by atoms with E-state index in [0.29, 0.717) is 12.3 Å². The maximum absolute atomic E-state index is 9.06. The Bertz CT molecular complexity index is 522. The van der Waals surface area contributed by atoms with Crippen LogP contribution in [0.2, 0.25) is 0 Å². The third kappa shape index (κ3) is 2.59. The summed E-state index contributed by atoms with van der Waals surface area (Å²) in [7, 11) is 0. The van der Waals surface area contributed by atoms with E-state index in [0.717, 1.165) is 17.3 Å². The van der Waals surface area contributed by atoms with Crippen LogP contribution >= 0.6 is 0 Å². The lowest BCUT2D eigenvalue weighted by atomic mass is 10.0. The van der Waals surface area contributed by atoms with Gasteiger partial charge < -0.3 is 10.4 Å². The number of rotatable bonds is 5. The zero-order valence-corrected chi connectivity index (χ0v) is 11.0. The molecular formula is C12H19N5O. The Kier molecular flexibility index (Phi) is 3.76. The Hall–Kier alpha value is -1.69. The minimum absolute atomic E-state index is 0.170. The van der Waals surface area contributed by atoms with Gasteiger partial charge in [-0.1, -0.05) is 13.8 Å². The van der Waals surface area contributed by atoms with Gasteiger partial charge in [-0.15, -0.1) is 15.3 Å². The Labute approximate surface area is 106 Å². The number of aryl methyl sites for hydroxylation is 1. The van der Waals surface area contributed by atoms with E-state index in [-0.39, 0.29) is 12.6 Å². The van der Waals surface area contributed by atoms with Crippen LogP contribution in [0.15, 0.2) is 12.1 Å². The molecule has 0 amide bonds. The molecule has 0 aliphatic heterocycles. The standard InChI is InChI=1S/C12H19N5O/c1-8(2)10(6-7-18)13-11-4-5-12-15-14-9(3)17(12)16-11/h4-5,8,10,18H,6-7H2,1-3H3,(H,13,16)/t10-/m1/s1. The summed E-state index contributed by atoms with van der Waals surface area (Å²) in [6.45, 7) is 6.28. The molecule has 0 saturated heterocycles. The summed E-state index contributed by atoms with van der Waals surface area (Å²) >= 11 is 0. The van der Waals surface area contributed by atoms with E-state index in [1.54, 1.807) is 4.52 Å². The highest BCUT2D eigenvalue weighted by atomic mass is 16.3. The van der Waals surface area contributed by atoms with Gasteiger partial charge in [0.25, 0.3) is 0 Å². The first-order valence-corrected chi connectivity index (χ1v) is 6.18. The van der Waals surface area contributed by atoms with Gasteiger partial charge in [-0.05, 0) is 31.4 Å². The van der Waals surface area contributed by atoms with E-state index < -0.39 is 0 Å². The maximum atomic E-state index is 9.06. The van der Waals surface area contributed by atoms with Crippen LogP contribution in [0.1, 0.15) is 26.1 Å². The summed E-state index contributed by atoms with van der Waals surface area (Å²) in [5.41, 5.74) is 0.737. The van der Waals surface area contributed by atoms with Crippen molar-refractivity contribution in [2.75, 3.05) is 11.9 Å². The average Bonchev–Trinajstić information content (AvgIpc) is 2.70. The van der Waals surface area contributed by atoms with Crippen molar-refractivity contribution in [2.24, 2.45) is 5.92 Å². The van der Waals surface area contributed by atoms with Crippen molar-refractivity contribution in [2.45, 2.75) is 33.2 Å². The van der Waals surface area contributed by atoms with Crippen LogP contribution in [-0.4, -0.2) is 37.6 Å². The van der Waals surface area contributed by atoms with Gasteiger partial charge in [0.2, 0.25) is 0 Å². The SMILES string of the molecule is Cc1nnc2ccc(N[C@H](CCO)C(C)C)nn12. The van der Waals surface area contributed by atoms with Crippen LogP contribution in [0.4, 0.5) is 5.82 Å². The highest BCUT2D eigenvalue weighted by Gasteiger charge is 2.13. The number of aliphatic hydroxyl groups excluding tert-OH is 1. The van der Waals surface area contributed by atoms with Crippen LogP contribution in [-0.2, 0) is 0 Å². The zero-order chi connectivity index (χ0) is 13.1. The molecule has 18 heavy (non-hydrogen) atoms. The second-order valence-corrected chi connectivity index (χ2v) is 4.74. The minimum Gasteiger partial charge on any atom is -0.396 e. The van der Waals surface area contributed by atoms with E-state index in [1.165, 1.54) is 0 Å². The number of aliphatic hydroxyl groups is 1. The number of anilines is 1. The largest absolute Gasteiger partial charge is 0.396 e. The zero-order valence-electron chi connectivity index (χ0n) is 11.0. The maximum Gasteiger partial charge on any atom is 0.178 e. The molecule has 2 aromatic heterocycles. The molecule has 1 atom stereocenters. The van der Waals surface area contributed by atoms with E-state index in [4.69, 9.17) is 5.11 Å². The van der Waals surface area contributed by atoms with Gasteiger partial charge in [-0.3, -0.25) is 0 Å². The Morgan fingerprint density at radius 1 is 1.33 bits per heavy atom. The monoisotopic (exact) mass is 249 g/mol. The molecule has 2 heterocycles. The van der Waals surface area contributed by atoms with Crippen molar-refractivity contribution < 1.29 is 5.11 Å². The second kappa shape index (κ2) is 5.30. The predicted molar refractivity (Wildman–Crippen MR) is 69.5 cm³/mol. The number of fused-ring (bicyclic) bond motifs is 1. The van der Waals surface area contributed by atoms with Crippen LogP contribution in [0.5, 0.6) is 0 Å². The molecule has 0 radical (unpaired) electrons. The summed E-state index contributed by atoms with van der Waals surface area (Å²) in [6.07, 6.45) is 0.707. The molecule has 6 nitrogen and oxygen atoms in total. The molecule has 0 aliphatic rings. The van der Waals surface area contributed by atoms with Gasteiger partial charge >= 0.3 is 0 Å². The summed E-state index contributed by atoms with van der Waals surface area (Å²) in [4.78, 5) is 0. The Morgan fingerprint density at radius 2 is 2.11 bits per heavy atom. The summed E-state index contributed by atoms with van der Waals surface area (Å²) in [5, 5.41) is 24.8. The molecule has 0 bridgehead atoms. The Morgan fingerprint density at radius 3 is 2.78 bits per heavy atom. The topological polar surface area (TPSA) is 75.3 Å². The summed E-state index contributed by atoms with van der Waals surface area (Å²) in [5.74, 6) is 1.96. The fourth-order valence-electron chi connectivity index (χ4n) is 1.87. The van der Waals surface area contributed by atoms with Crippen molar-refractivity contribution >= 4 is 11.5 Å². The normalized spacial score (nSPS) is 13.2. The average molecular weight is 249 g/mol. The fourth-order valence-corrected chi connectivity index (χ4v) is 1.87. The van der Waals surface area contributed by atoms with Crippen LogP contribution < -0.4 is 5.32 Å². The first-order chi connectivity index (χ1) is 8.61. The van der Waals surface area contributed by atoms with Crippen LogP contribution in [0.25, 0.3) is 5.65 Å². The third-order valence-corrected chi connectivity index (χ3v) is 3.00. The van der Waals surface area contributed by atoms with Crippen molar-refractivity contribution in [3.8, 4) is 0 Å². The lowest BCUT2D eigenvalue weighted by Crippen LogP contribution is -2.27. The van der Waals surface area contributed by atoms with Gasteiger partial charge in [0.05, 0.1) is 0 Å². The molecule has 98 valence electrons. The number of hydrogen-bond acceptors (Lipinski definition) is 5. The molecule has 2 N–H and O–H groups in total. The first kappa shape index (κ1) is 12.8. The molecule has 2 aromatic rings. The van der Waals surface area contributed by atoms with Crippen molar-refractivity contribution in [3.05, 3.63) is 18.0 Å². The minimum atomic E-state index is 0.170. The molecule has 0 aromatic carbocycles. The molecular weight excluding hydrogens is 230 g/mol. The first-order valence-electron chi connectivity index (χ1n) is 6.18. The summed E-state index contributed by atoms with van der Waals surface area (Å²) < 4.78 is 1.71. The van der Waals surface area contributed by atoms with E-state index >= 15 is 0 Å². The highest BCUT2D eigenvalue weighted by molar-refractivity contribution is 5.44. The molecule has 0 unspecified atom stereocenters.